The summed E-state index contributed by atoms with van der Waals surface area (Å²) < 4.78 is 0. The molecule has 4 atom stereocenters. The van der Waals surface area contributed by atoms with Gasteiger partial charge in [0.2, 0.25) is 53.2 Å². The van der Waals surface area contributed by atoms with Gasteiger partial charge in [0.05, 0.1) is 26.2 Å². The standard InChI is InChI=1S/C30H48N10O9/c1-4-6-9-19(29(48)34-15-25(44)39-20(27(32)46)14-33-22(41)11-7-5-2)38-24(43)16-35-30(49)21-10-8-12-40(21)26(45)17-36-28(47)18(3)37-23(42)13-31/h2,18-21H,4,6-17,31H2,1,3H3,(H2,32,46)(H,33,41)(H,34,48)(H,35,49)(H,36,47)(H,37,42)(H,38,43)(H,39,44)/t18-,19-,20-,21-/m0/s1. The Morgan fingerprint density at radius 1 is 0.837 bits per heavy atom. The van der Waals surface area contributed by atoms with E-state index in [4.69, 9.17) is 17.9 Å². The van der Waals surface area contributed by atoms with Gasteiger partial charge in [-0.25, -0.2) is 0 Å². The lowest BCUT2D eigenvalue weighted by atomic mass is 10.1. The fourth-order valence-corrected chi connectivity index (χ4v) is 4.58. The Kier molecular flexibility index (Phi) is 19.0. The molecule has 9 amide bonds. The van der Waals surface area contributed by atoms with Crippen LogP contribution in [0.15, 0.2) is 0 Å². The number of nitrogens with two attached hydrogens (primary N) is 2. The number of carbonyl (C=O) groups excluding carboxylic acids is 9. The minimum Gasteiger partial charge on any atom is -0.368 e. The number of unbranched alkanes of at least 4 members (excludes halogenated alkanes) is 1. The number of rotatable bonds is 21. The molecule has 0 aromatic rings. The van der Waals surface area contributed by atoms with Crippen LogP contribution in [0.3, 0.4) is 0 Å². The van der Waals surface area contributed by atoms with Gasteiger partial charge in [-0.05, 0) is 26.2 Å². The van der Waals surface area contributed by atoms with Gasteiger partial charge >= 0.3 is 0 Å². The molecule has 1 rings (SSSR count). The summed E-state index contributed by atoms with van der Waals surface area (Å²) in [5.74, 6) is -3.47. The summed E-state index contributed by atoms with van der Waals surface area (Å²) in [4.78, 5) is 112. The first-order valence-electron chi connectivity index (χ1n) is 15.9. The molecule has 49 heavy (non-hydrogen) atoms. The van der Waals surface area contributed by atoms with Crippen molar-refractivity contribution in [2.75, 3.05) is 39.3 Å². The molecular formula is C30H48N10O9. The zero-order valence-corrected chi connectivity index (χ0v) is 27.9. The second-order valence-corrected chi connectivity index (χ2v) is 11.2. The quantitative estimate of drug-likeness (QED) is 0.0516. The van der Waals surface area contributed by atoms with Crippen LogP contribution in [0.4, 0.5) is 0 Å². The van der Waals surface area contributed by atoms with Crippen molar-refractivity contribution in [3.05, 3.63) is 0 Å². The molecular weight excluding hydrogens is 644 g/mol. The van der Waals surface area contributed by atoms with Crippen molar-refractivity contribution in [3.63, 3.8) is 0 Å². The van der Waals surface area contributed by atoms with Crippen LogP contribution in [-0.4, -0.2) is 122 Å². The van der Waals surface area contributed by atoms with Crippen LogP contribution in [0.25, 0.3) is 0 Å². The summed E-state index contributed by atoms with van der Waals surface area (Å²) in [6.45, 7) is 1.50. The summed E-state index contributed by atoms with van der Waals surface area (Å²) in [7, 11) is 0. The monoisotopic (exact) mass is 692 g/mol. The molecule has 19 nitrogen and oxygen atoms in total. The molecule has 0 spiro atoms. The number of primary amides is 1. The Bertz CT molecular complexity index is 1270. The average Bonchev–Trinajstić information content (AvgIpc) is 3.57. The van der Waals surface area contributed by atoms with Crippen molar-refractivity contribution in [1.82, 2.24) is 42.1 Å². The molecule has 0 saturated carbocycles. The van der Waals surface area contributed by atoms with Gasteiger partial charge in [-0.15, -0.1) is 12.3 Å². The van der Waals surface area contributed by atoms with Crippen molar-refractivity contribution < 1.29 is 43.2 Å². The molecule has 0 aliphatic carbocycles. The third-order valence-electron chi connectivity index (χ3n) is 7.27. The molecule has 0 radical (unpaired) electrons. The van der Waals surface area contributed by atoms with Gasteiger partial charge in [-0.1, -0.05) is 19.8 Å². The second-order valence-electron chi connectivity index (χ2n) is 11.2. The number of carbonyl (C=O) groups is 9. The predicted molar refractivity (Wildman–Crippen MR) is 174 cm³/mol. The van der Waals surface area contributed by atoms with Crippen molar-refractivity contribution in [2.45, 2.75) is 83.0 Å². The van der Waals surface area contributed by atoms with E-state index in [1.54, 1.807) is 0 Å². The zero-order valence-electron chi connectivity index (χ0n) is 27.9. The molecule has 0 aromatic carbocycles. The van der Waals surface area contributed by atoms with Gasteiger partial charge in [0.25, 0.3) is 0 Å². The second kappa shape index (κ2) is 22.3. The normalized spacial score (nSPS) is 15.3. The molecule has 0 bridgehead atoms. The van der Waals surface area contributed by atoms with Crippen molar-refractivity contribution in [2.24, 2.45) is 11.5 Å². The number of amides is 9. The Labute approximate surface area is 284 Å². The molecule has 0 unspecified atom stereocenters. The van der Waals surface area contributed by atoms with Gasteiger partial charge in [0.1, 0.15) is 24.2 Å². The summed E-state index contributed by atoms with van der Waals surface area (Å²) in [6, 6.07) is -4.11. The average molecular weight is 693 g/mol. The van der Waals surface area contributed by atoms with Gasteiger partial charge < -0.3 is 53.6 Å². The minimum absolute atomic E-state index is 0.0277. The molecule has 11 N–H and O–H groups in total. The minimum atomic E-state index is -1.25. The fourth-order valence-electron chi connectivity index (χ4n) is 4.58. The van der Waals surface area contributed by atoms with Gasteiger partial charge in [0, 0.05) is 25.9 Å². The zero-order chi connectivity index (χ0) is 36.9. The summed E-state index contributed by atoms with van der Waals surface area (Å²) in [6.07, 6.45) is 7.64. The molecule has 0 aromatic heterocycles. The number of hydrogen-bond donors (Lipinski definition) is 9. The van der Waals surface area contributed by atoms with E-state index < -0.39 is 97.0 Å². The third-order valence-corrected chi connectivity index (χ3v) is 7.27. The van der Waals surface area contributed by atoms with Crippen molar-refractivity contribution in [1.29, 1.82) is 0 Å². The van der Waals surface area contributed by atoms with E-state index in [0.29, 0.717) is 25.7 Å². The largest absolute Gasteiger partial charge is 0.368 e. The highest BCUT2D eigenvalue weighted by molar-refractivity contribution is 5.95. The summed E-state index contributed by atoms with van der Waals surface area (Å²) in [5, 5.41) is 16.9. The molecule has 1 saturated heterocycles. The number of likely N-dealkylation sites (tertiary alicyclic amines) is 1. The molecule has 19 heteroatoms. The van der Waals surface area contributed by atoms with E-state index >= 15 is 0 Å². The van der Waals surface area contributed by atoms with Crippen LogP contribution >= 0.6 is 0 Å². The fraction of sp³-hybridized carbons (Fsp3) is 0.633. The van der Waals surface area contributed by atoms with Crippen LogP contribution in [0.5, 0.6) is 0 Å². The number of nitrogens with zero attached hydrogens (tertiary/aromatic N) is 1. The Morgan fingerprint density at radius 3 is 2.08 bits per heavy atom. The SMILES string of the molecule is C#CCCC(=O)NC[C@H](NC(=O)CNC(=O)[C@H](CCCC)NC(=O)CNC(=O)[C@@H]1CCCN1C(=O)CNC(=O)[C@H](C)NC(=O)CN)C(N)=O. The maximum Gasteiger partial charge on any atom is 0.243 e. The highest BCUT2D eigenvalue weighted by Gasteiger charge is 2.34. The first-order chi connectivity index (χ1) is 23.2. The Morgan fingerprint density at radius 2 is 1.47 bits per heavy atom. The molecule has 1 heterocycles. The van der Waals surface area contributed by atoms with Gasteiger partial charge in [-0.3, -0.25) is 43.2 Å². The topological polar surface area (TPSA) is 293 Å². The van der Waals surface area contributed by atoms with Gasteiger partial charge in [-0.2, -0.15) is 0 Å². The first kappa shape index (κ1) is 41.8. The van der Waals surface area contributed by atoms with Crippen LogP contribution in [0, 0.1) is 12.3 Å². The lowest BCUT2D eigenvalue weighted by Crippen LogP contribution is -2.55. The van der Waals surface area contributed by atoms with E-state index in [1.807, 2.05) is 6.92 Å². The van der Waals surface area contributed by atoms with Crippen molar-refractivity contribution >= 4 is 53.2 Å². The van der Waals surface area contributed by atoms with Crippen molar-refractivity contribution in [3.8, 4) is 12.3 Å². The van der Waals surface area contributed by atoms with E-state index in [1.165, 1.54) is 11.8 Å². The lowest BCUT2D eigenvalue weighted by molar-refractivity contribution is -0.139. The lowest BCUT2D eigenvalue weighted by Gasteiger charge is -2.24. The maximum atomic E-state index is 12.9. The van der Waals surface area contributed by atoms with E-state index in [9.17, 15) is 43.2 Å². The van der Waals surface area contributed by atoms with Crippen LogP contribution in [-0.2, 0) is 43.2 Å². The number of nitrogens with one attached hydrogen (secondary N) is 7. The number of hydrogen-bond acceptors (Lipinski definition) is 10. The maximum absolute atomic E-state index is 12.9. The van der Waals surface area contributed by atoms with E-state index in [2.05, 4.69) is 43.1 Å². The van der Waals surface area contributed by atoms with Crippen LogP contribution in [0.2, 0.25) is 0 Å². The molecule has 1 fully saturated rings. The molecule has 1 aliphatic heterocycles. The molecule has 1 aliphatic rings. The summed E-state index contributed by atoms with van der Waals surface area (Å²) in [5.41, 5.74) is 10.5. The third kappa shape index (κ3) is 15.9. The molecule has 272 valence electrons. The van der Waals surface area contributed by atoms with E-state index in [-0.39, 0.29) is 38.9 Å². The summed E-state index contributed by atoms with van der Waals surface area (Å²) >= 11 is 0. The Hall–Kier alpha value is -5.25. The van der Waals surface area contributed by atoms with E-state index in [0.717, 1.165) is 0 Å². The van der Waals surface area contributed by atoms with Crippen LogP contribution < -0.4 is 48.7 Å². The number of terminal acetylenes is 1. The smallest absolute Gasteiger partial charge is 0.243 e. The Balaban J connectivity index is 2.63. The predicted octanol–water partition coefficient (Wildman–Crippen LogP) is -5.04. The highest BCUT2D eigenvalue weighted by atomic mass is 16.2. The van der Waals surface area contributed by atoms with Gasteiger partial charge in [0.15, 0.2) is 0 Å². The van der Waals surface area contributed by atoms with Crippen LogP contribution in [0.1, 0.15) is 58.8 Å². The highest BCUT2D eigenvalue weighted by Crippen LogP contribution is 2.17. The first-order valence-corrected chi connectivity index (χ1v) is 15.9.